The number of nitrogens with zero attached hydrogens (tertiary/aromatic N) is 1. The van der Waals surface area contributed by atoms with Crippen LogP contribution in [0.4, 0.5) is 17.1 Å². The predicted molar refractivity (Wildman–Crippen MR) is 92.4 cm³/mol. The summed E-state index contributed by atoms with van der Waals surface area (Å²) in [6.07, 6.45) is 3.91. The molecule has 0 atom stereocenters. The highest BCUT2D eigenvalue weighted by atomic mass is 32.2. The number of rotatable bonds is 3. The molecule has 3 aromatic rings. The number of nitrogens with one attached hydrogen (secondary N) is 1. The van der Waals surface area contributed by atoms with Crippen LogP contribution in [0, 0.1) is 6.92 Å². The Morgan fingerprint density at radius 2 is 1.95 bits per heavy atom. The van der Waals surface area contributed by atoms with E-state index in [1.807, 2.05) is 25.3 Å². The molecule has 0 radical (unpaired) electrons. The Bertz CT molecular complexity index is 799. The van der Waals surface area contributed by atoms with E-state index in [-0.39, 0.29) is 0 Å². The number of hydrogen-bond donors (Lipinski definition) is 2. The molecule has 0 aliphatic heterocycles. The maximum absolute atomic E-state index is 6.04. The maximum atomic E-state index is 6.04. The number of pyridine rings is 1. The zero-order valence-corrected chi connectivity index (χ0v) is 12.9. The minimum Gasteiger partial charge on any atom is -0.398 e. The molecule has 3 nitrogen and oxygen atoms in total. The van der Waals surface area contributed by atoms with E-state index in [1.165, 1.54) is 4.90 Å². The third kappa shape index (κ3) is 2.81. The van der Waals surface area contributed by atoms with E-state index in [4.69, 9.17) is 5.73 Å². The van der Waals surface area contributed by atoms with Crippen LogP contribution in [-0.2, 0) is 0 Å². The van der Waals surface area contributed by atoms with Crippen molar-refractivity contribution >= 4 is 39.6 Å². The number of nitrogens with two attached hydrogens (primary N) is 1. The Hall–Kier alpha value is -2.20. The molecule has 0 amide bonds. The fraction of sp³-hybridized carbons (Fsp3) is 0.118. The van der Waals surface area contributed by atoms with E-state index in [0.29, 0.717) is 0 Å². The van der Waals surface area contributed by atoms with Gasteiger partial charge in [-0.2, -0.15) is 0 Å². The summed E-state index contributed by atoms with van der Waals surface area (Å²) in [5.74, 6) is 0. The van der Waals surface area contributed by atoms with Crippen LogP contribution in [0.2, 0.25) is 0 Å². The van der Waals surface area contributed by atoms with Gasteiger partial charge in [-0.25, -0.2) is 0 Å². The molecular formula is C17H17N3S. The number of nitrogen functional groups attached to an aromatic ring is 1. The third-order valence-corrected chi connectivity index (χ3v) is 4.15. The summed E-state index contributed by atoms with van der Waals surface area (Å²) >= 11 is 1.73. The van der Waals surface area contributed by atoms with Crippen molar-refractivity contribution in [1.82, 2.24) is 4.98 Å². The molecule has 21 heavy (non-hydrogen) atoms. The van der Waals surface area contributed by atoms with Gasteiger partial charge in [0.1, 0.15) is 0 Å². The Labute approximate surface area is 128 Å². The highest BCUT2D eigenvalue weighted by Gasteiger charge is 2.06. The van der Waals surface area contributed by atoms with Crippen LogP contribution in [0.5, 0.6) is 0 Å². The third-order valence-electron chi connectivity index (χ3n) is 3.42. The normalized spacial score (nSPS) is 10.8. The first-order chi connectivity index (χ1) is 10.2. The molecule has 3 rings (SSSR count). The van der Waals surface area contributed by atoms with Gasteiger partial charge in [-0.15, -0.1) is 11.8 Å². The van der Waals surface area contributed by atoms with E-state index >= 15 is 0 Å². The van der Waals surface area contributed by atoms with Crippen molar-refractivity contribution in [2.45, 2.75) is 11.8 Å². The standard InChI is InChI=1S/C17H17N3S/c1-11-8-14-15(10-19-11)16(18)6-7-17(14)20-12-4-3-5-13(9-12)21-2/h3-10,20H,18H2,1-2H3. The number of aromatic nitrogens is 1. The van der Waals surface area contributed by atoms with Crippen LogP contribution in [0.25, 0.3) is 10.8 Å². The summed E-state index contributed by atoms with van der Waals surface area (Å²) in [5.41, 5.74) is 9.89. The Morgan fingerprint density at radius 1 is 1.10 bits per heavy atom. The van der Waals surface area contributed by atoms with Gasteiger partial charge in [0.25, 0.3) is 0 Å². The average molecular weight is 295 g/mol. The van der Waals surface area contributed by atoms with Crippen molar-refractivity contribution in [3.05, 3.63) is 54.4 Å². The van der Waals surface area contributed by atoms with Gasteiger partial charge in [-0.1, -0.05) is 6.07 Å². The van der Waals surface area contributed by atoms with Gasteiger partial charge in [-0.3, -0.25) is 4.98 Å². The SMILES string of the molecule is CSc1cccc(Nc2ccc(N)c3cnc(C)cc23)c1. The van der Waals surface area contributed by atoms with E-state index in [1.54, 1.807) is 11.8 Å². The fourth-order valence-corrected chi connectivity index (χ4v) is 2.79. The molecule has 0 fully saturated rings. The quantitative estimate of drug-likeness (QED) is 0.548. The first-order valence-corrected chi connectivity index (χ1v) is 7.96. The largest absolute Gasteiger partial charge is 0.398 e. The lowest BCUT2D eigenvalue weighted by Crippen LogP contribution is -1.95. The number of anilines is 3. The highest BCUT2D eigenvalue weighted by molar-refractivity contribution is 7.98. The monoisotopic (exact) mass is 295 g/mol. The molecule has 106 valence electrons. The number of hydrogen-bond acceptors (Lipinski definition) is 4. The molecule has 1 heterocycles. The van der Waals surface area contributed by atoms with Gasteiger partial charge in [0.05, 0.1) is 0 Å². The van der Waals surface area contributed by atoms with Gasteiger partial charge in [0.2, 0.25) is 0 Å². The molecule has 2 aromatic carbocycles. The predicted octanol–water partition coefficient (Wildman–Crippen LogP) is 4.59. The fourth-order valence-electron chi connectivity index (χ4n) is 2.33. The molecule has 0 aliphatic carbocycles. The van der Waals surface area contributed by atoms with Gasteiger partial charge in [0.15, 0.2) is 0 Å². The zero-order valence-electron chi connectivity index (χ0n) is 12.1. The molecule has 0 saturated heterocycles. The van der Waals surface area contributed by atoms with Gasteiger partial charge in [0, 0.05) is 44.6 Å². The molecule has 3 N–H and O–H groups in total. The molecule has 0 saturated carbocycles. The van der Waals surface area contributed by atoms with E-state index in [0.717, 1.165) is 33.5 Å². The van der Waals surface area contributed by atoms with Crippen molar-refractivity contribution in [3.63, 3.8) is 0 Å². The molecule has 4 heteroatoms. The lowest BCUT2D eigenvalue weighted by molar-refractivity contribution is 1.22. The summed E-state index contributed by atoms with van der Waals surface area (Å²) < 4.78 is 0. The molecule has 0 unspecified atom stereocenters. The first kappa shape index (κ1) is 13.8. The number of fused-ring (bicyclic) bond motifs is 1. The van der Waals surface area contributed by atoms with Crippen molar-refractivity contribution in [3.8, 4) is 0 Å². The van der Waals surface area contributed by atoms with Crippen LogP contribution in [0.3, 0.4) is 0 Å². The number of aryl methyl sites for hydroxylation is 1. The molecule has 0 bridgehead atoms. The second kappa shape index (κ2) is 5.66. The zero-order chi connectivity index (χ0) is 14.8. The van der Waals surface area contributed by atoms with Crippen molar-refractivity contribution in [1.29, 1.82) is 0 Å². The van der Waals surface area contributed by atoms with Crippen molar-refractivity contribution in [2.75, 3.05) is 17.3 Å². The van der Waals surface area contributed by atoms with Gasteiger partial charge in [-0.05, 0) is 49.6 Å². The molecular weight excluding hydrogens is 278 g/mol. The lowest BCUT2D eigenvalue weighted by atomic mass is 10.1. The second-order valence-electron chi connectivity index (χ2n) is 4.93. The minimum atomic E-state index is 0.751. The topological polar surface area (TPSA) is 50.9 Å². The maximum Gasteiger partial charge on any atom is 0.0466 e. The molecule has 0 aliphatic rings. The van der Waals surface area contributed by atoms with Crippen molar-refractivity contribution < 1.29 is 0 Å². The summed E-state index contributed by atoms with van der Waals surface area (Å²) in [6, 6.07) is 14.4. The second-order valence-corrected chi connectivity index (χ2v) is 5.81. The molecule has 1 aromatic heterocycles. The summed E-state index contributed by atoms with van der Waals surface area (Å²) in [6.45, 7) is 1.99. The minimum absolute atomic E-state index is 0.751. The Morgan fingerprint density at radius 3 is 2.76 bits per heavy atom. The van der Waals surface area contributed by atoms with Crippen LogP contribution in [-0.4, -0.2) is 11.2 Å². The van der Waals surface area contributed by atoms with Crippen LogP contribution in [0.1, 0.15) is 5.69 Å². The molecule has 0 spiro atoms. The van der Waals surface area contributed by atoms with E-state index in [2.05, 4.69) is 46.9 Å². The number of benzene rings is 2. The van der Waals surface area contributed by atoms with E-state index < -0.39 is 0 Å². The first-order valence-electron chi connectivity index (χ1n) is 6.73. The van der Waals surface area contributed by atoms with Gasteiger partial charge >= 0.3 is 0 Å². The summed E-state index contributed by atoms with van der Waals surface area (Å²) in [4.78, 5) is 5.57. The smallest absolute Gasteiger partial charge is 0.0466 e. The lowest BCUT2D eigenvalue weighted by Gasteiger charge is -2.12. The summed E-state index contributed by atoms with van der Waals surface area (Å²) in [5, 5.41) is 5.55. The highest BCUT2D eigenvalue weighted by Crippen LogP contribution is 2.31. The average Bonchev–Trinajstić information content (AvgIpc) is 2.50. The van der Waals surface area contributed by atoms with Crippen LogP contribution >= 0.6 is 11.8 Å². The van der Waals surface area contributed by atoms with Crippen molar-refractivity contribution in [2.24, 2.45) is 0 Å². The van der Waals surface area contributed by atoms with E-state index in [9.17, 15) is 0 Å². The van der Waals surface area contributed by atoms with Gasteiger partial charge < -0.3 is 11.1 Å². The van der Waals surface area contributed by atoms with Crippen LogP contribution < -0.4 is 11.1 Å². The number of thioether (sulfide) groups is 1. The Kier molecular flexibility index (Phi) is 3.71. The summed E-state index contributed by atoms with van der Waals surface area (Å²) in [7, 11) is 0. The van der Waals surface area contributed by atoms with Crippen LogP contribution in [0.15, 0.2) is 53.6 Å². The Balaban J connectivity index is 2.08.